The van der Waals surface area contributed by atoms with Crippen molar-refractivity contribution in [3.8, 4) is 11.1 Å². The summed E-state index contributed by atoms with van der Waals surface area (Å²) >= 11 is 3.21. The van der Waals surface area contributed by atoms with Crippen molar-refractivity contribution in [2.45, 2.75) is 0 Å². The highest BCUT2D eigenvalue weighted by atomic mass is 79.9. The maximum atomic E-state index is 13.6. The van der Waals surface area contributed by atoms with Gasteiger partial charge in [0.05, 0.1) is 5.56 Å². The van der Waals surface area contributed by atoms with E-state index < -0.39 is 11.6 Å². The monoisotopic (exact) mass is 296 g/mol. The molecule has 0 N–H and O–H groups in total. The van der Waals surface area contributed by atoms with Crippen LogP contribution >= 0.6 is 15.9 Å². The molecule has 2 rings (SSSR count). The smallest absolute Gasteiger partial charge is 0.150 e. The van der Waals surface area contributed by atoms with Gasteiger partial charge in [-0.1, -0.05) is 22.0 Å². The summed E-state index contributed by atoms with van der Waals surface area (Å²) in [6, 6.07) is 8.28. The molecule has 4 heteroatoms. The molecule has 0 aromatic heterocycles. The van der Waals surface area contributed by atoms with Gasteiger partial charge < -0.3 is 0 Å². The second kappa shape index (κ2) is 4.75. The van der Waals surface area contributed by atoms with Gasteiger partial charge in [-0.15, -0.1) is 0 Å². The maximum Gasteiger partial charge on any atom is 0.150 e. The van der Waals surface area contributed by atoms with Gasteiger partial charge in [0.2, 0.25) is 0 Å². The standard InChI is InChI=1S/C13H7BrF2O/c14-9-5-4-8(7-17)10(6-9)13-11(15)2-1-3-12(13)16/h1-7H. The van der Waals surface area contributed by atoms with E-state index in [4.69, 9.17) is 0 Å². The Bertz CT molecular complexity index is 561. The summed E-state index contributed by atoms with van der Waals surface area (Å²) in [6.45, 7) is 0. The van der Waals surface area contributed by atoms with Gasteiger partial charge in [0.1, 0.15) is 11.6 Å². The second-order valence-corrected chi connectivity index (χ2v) is 4.36. The number of halogens is 3. The summed E-state index contributed by atoms with van der Waals surface area (Å²) in [4.78, 5) is 10.9. The van der Waals surface area contributed by atoms with E-state index >= 15 is 0 Å². The number of carbonyl (C=O) groups is 1. The van der Waals surface area contributed by atoms with Crippen LogP contribution in [0.2, 0.25) is 0 Å². The number of hydrogen-bond acceptors (Lipinski definition) is 1. The fraction of sp³-hybridized carbons (Fsp3) is 0. The molecule has 0 saturated carbocycles. The zero-order chi connectivity index (χ0) is 12.4. The summed E-state index contributed by atoms with van der Waals surface area (Å²) in [5.74, 6) is -1.38. The van der Waals surface area contributed by atoms with Crippen molar-refractivity contribution >= 4 is 22.2 Å². The fourth-order valence-electron chi connectivity index (χ4n) is 1.60. The predicted molar refractivity (Wildman–Crippen MR) is 64.9 cm³/mol. The number of aldehydes is 1. The molecule has 17 heavy (non-hydrogen) atoms. The van der Waals surface area contributed by atoms with E-state index in [0.29, 0.717) is 10.8 Å². The lowest BCUT2D eigenvalue weighted by Gasteiger charge is -2.08. The van der Waals surface area contributed by atoms with Gasteiger partial charge in [-0.25, -0.2) is 8.78 Å². The minimum absolute atomic E-state index is 0.184. The van der Waals surface area contributed by atoms with Gasteiger partial charge in [0, 0.05) is 10.0 Å². The first kappa shape index (κ1) is 11.9. The molecule has 1 nitrogen and oxygen atoms in total. The highest BCUT2D eigenvalue weighted by Crippen LogP contribution is 2.30. The first-order valence-electron chi connectivity index (χ1n) is 4.82. The number of hydrogen-bond donors (Lipinski definition) is 0. The summed E-state index contributed by atoms with van der Waals surface area (Å²) in [6.07, 6.45) is 0.577. The molecule has 0 fully saturated rings. The molecule has 0 heterocycles. The summed E-state index contributed by atoms with van der Waals surface area (Å²) in [5.41, 5.74) is 0.304. The van der Waals surface area contributed by atoms with Crippen molar-refractivity contribution in [2.24, 2.45) is 0 Å². The van der Waals surface area contributed by atoms with Gasteiger partial charge in [-0.3, -0.25) is 4.79 Å². The molecule has 2 aromatic rings. The minimum atomic E-state index is -0.689. The highest BCUT2D eigenvalue weighted by molar-refractivity contribution is 9.10. The Labute approximate surface area is 105 Å². The molecule has 0 atom stereocenters. The average Bonchev–Trinajstić information content (AvgIpc) is 2.29. The van der Waals surface area contributed by atoms with Crippen molar-refractivity contribution in [3.05, 3.63) is 58.1 Å². The quantitative estimate of drug-likeness (QED) is 0.759. The Hall–Kier alpha value is -1.55. The summed E-state index contributed by atoms with van der Waals surface area (Å²) in [7, 11) is 0. The molecule has 0 aliphatic heterocycles. The van der Waals surface area contributed by atoms with Crippen LogP contribution in [0.15, 0.2) is 40.9 Å². The lowest BCUT2D eigenvalue weighted by molar-refractivity contribution is 0.112. The molecular formula is C13H7BrF2O. The van der Waals surface area contributed by atoms with Crippen LogP contribution in [0.1, 0.15) is 10.4 Å². The van der Waals surface area contributed by atoms with Gasteiger partial charge >= 0.3 is 0 Å². The lowest BCUT2D eigenvalue weighted by atomic mass is 9.99. The number of rotatable bonds is 2. The highest BCUT2D eigenvalue weighted by Gasteiger charge is 2.14. The zero-order valence-corrected chi connectivity index (χ0v) is 10.2. The molecule has 86 valence electrons. The largest absolute Gasteiger partial charge is 0.298 e. The summed E-state index contributed by atoms with van der Waals surface area (Å²) < 4.78 is 27.9. The van der Waals surface area contributed by atoms with E-state index in [-0.39, 0.29) is 16.7 Å². The van der Waals surface area contributed by atoms with Crippen molar-refractivity contribution in [2.75, 3.05) is 0 Å². The van der Waals surface area contributed by atoms with Crippen LogP contribution in [0, 0.1) is 11.6 Å². The van der Waals surface area contributed by atoms with Crippen LogP contribution in [-0.4, -0.2) is 6.29 Å². The average molecular weight is 297 g/mol. The first-order valence-corrected chi connectivity index (χ1v) is 5.62. The third kappa shape index (κ3) is 2.26. The molecular weight excluding hydrogens is 290 g/mol. The van der Waals surface area contributed by atoms with E-state index in [1.807, 2.05) is 0 Å². The third-order valence-electron chi connectivity index (χ3n) is 2.37. The second-order valence-electron chi connectivity index (χ2n) is 3.45. The predicted octanol–water partition coefficient (Wildman–Crippen LogP) is 4.21. The number of benzene rings is 2. The van der Waals surface area contributed by atoms with Crippen molar-refractivity contribution in [1.82, 2.24) is 0 Å². The molecule has 0 aliphatic rings. The Morgan fingerprint density at radius 1 is 1.06 bits per heavy atom. The Morgan fingerprint density at radius 2 is 1.71 bits per heavy atom. The molecule has 0 saturated heterocycles. The van der Waals surface area contributed by atoms with Crippen molar-refractivity contribution in [1.29, 1.82) is 0 Å². The van der Waals surface area contributed by atoms with E-state index in [1.54, 1.807) is 6.07 Å². The van der Waals surface area contributed by atoms with Crippen LogP contribution in [0.5, 0.6) is 0 Å². The van der Waals surface area contributed by atoms with E-state index in [1.165, 1.54) is 18.2 Å². The Morgan fingerprint density at radius 3 is 2.29 bits per heavy atom. The molecule has 0 spiro atoms. The van der Waals surface area contributed by atoms with Gasteiger partial charge in [0.25, 0.3) is 0 Å². The number of carbonyl (C=O) groups excluding carboxylic acids is 1. The van der Waals surface area contributed by atoms with E-state index in [9.17, 15) is 13.6 Å². The van der Waals surface area contributed by atoms with Gasteiger partial charge in [0.15, 0.2) is 6.29 Å². The van der Waals surface area contributed by atoms with Crippen LogP contribution in [0.25, 0.3) is 11.1 Å². The van der Waals surface area contributed by atoms with E-state index in [0.717, 1.165) is 12.1 Å². The van der Waals surface area contributed by atoms with Gasteiger partial charge in [-0.2, -0.15) is 0 Å². The van der Waals surface area contributed by atoms with Crippen LogP contribution in [-0.2, 0) is 0 Å². The van der Waals surface area contributed by atoms with Crippen LogP contribution in [0.4, 0.5) is 8.78 Å². The molecule has 2 aromatic carbocycles. The van der Waals surface area contributed by atoms with E-state index in [2.05, 4.69) is 15.9 Å². The summed E-state index contributed by atoms with van der Waals surface area (Å²) in [5, 5.41) is 0. The fourth-order valence-corrected chi connectivity index (χ4v) is 1.96. The first-order chi connectivity index (χ1) is 8.13. The lowest BCUT2D eigenvalue weighted by Crippen LogP contribution is -1.94. The van der Waals surface area contributed by atoms with Crippen LogP contribution < -0.4 is 0 Å². The topological polar surface area (TPSA) is 17.1 Å². The van der Waals surface area contributed by atoms with Crippen LogP contribution in [0.3, 0.4) is 0 Å². The van der Waals surface area contributed by atoms with Crippen molar-refractivity contribution < 1.29 is 13.6 Å². The normalized spacial score (nSPS) is 10.3. The third-order valence-corrected chi connectivity index (χ3v) is 2.87. The maximum absolute atomic E-state index is 13.6. The molecule has 0 aliphatic carbocycles. The Balaban J connectivity index is 2.75. The zero-order valence-electron chi connectivity index (χ0n) is 8.58. The Kier molecular flexibility index (Phi) is 3.33. The van der Waals surface area contributed by atoms with Gasteiger partial charge in [-0.05, 0) is 35.9 Å². The molecule has 0 bridgehead atoms. The minimum Gasteiger partial charge on any atom is -0.298 e. The molecule has 0 amide bonds. The SMILES string of the molecule is O=Cc1ccc(Br)cc1-c1c(F)cccc1F. The van der Waals surface area contributed by atoms with Crippen molar-refractivity contribution in [3.63, 3.8) is 0 Å². The molecule has 0 radical (unpaired) electrons. The molecule has 0 unspecified atom stereocenters.